The van der Waals surface area contributed by atoms with Gasteiger partial charge in [-0.3, -0.25) is 9.10 Å². The molecular weight excluding hydrogens is 459 g/mol. The molecule has 0 bridgehead atoms. The number of rotatable bonds is 8. The van der Waals surface area contributed by atoms with Crippen LogP contribution in [0.5, 0.6) is 5.75 Å². The molecule has 0 aliphatic rings. The zero-order chi connectivity index (χ0) is 22.4. The lowest BCUT2D eigenvalue weighted by Gasteiger charge is -2.25. The molecule has 3 rings (SSSR count). The van der Waals surface area contributed by atoms with Crippen LogP contribution in [0.1, 0.15) is 5.56 Å². The molecule has 0 fully saturated rings. The average Bonchev–Trinajstić information content (AvgIpc) is 2.77. The Morgan fingerprint density at radius 2 is 1.68 bits per heavy atom. The fourth-order valence-electron chi connectivity index (χ4n) is 2.93. The van der Waals surface area contributed by atoms with Gasteiger partial charge in [0.2, 0.25) is 5.91 Å². The van der Waals surface area contributed by atoms with E-state index < -0.39 is 22.5 Å². The van der Waals surface area contributed by atoms with Crippen molar-refractivity contribution >= 4 is 44.8 Å². The molecule has 3 aromatic carbocycles. The van der Waals surface area contributed by atoms with Gasteiger partial charge in [-0.1, -0.05) is 59.6 Å². The minimum atomic E-state index is -4.06. The number of carbonyl (C=O) groups is 1. The largest absolute Gasteiger partial charge is 0.496 e. The maximum absolute atomic E-state index is 13.3. The molecule has 162 valence electrons. The van der Waals surface area contributed by atoms with Crippen molar-refractivity contribution in [1.82, 2.24) is 5.32 Å². The van der Waals surface area contributed by atoms with Gasteiger partial charge in [0, 0.05) is 17.1 Å². The smallest absolute Gasteiger partial charge is 0.264 e. The van der Waals surface area contributed by atoms with Gasteiger partial charge in [0.25, 0.3) is 10.0 Å². The first-order valence-corrected chi connectivity index (χ1v) is 11.4. The van der Waals surface area contributed by atoms with E-state index in [2.05, 4.69) is 5.32 Å². The molecule has 0 aromatic heterocycles. The lowest BCUT2D eigenvalue weighted by Crippen LogP contribution is -2.40. The van der Waals surface area contributed by atoms with Gasteiger partial charge >= 0.3 is 0 Å². The average molecular weight is 479 g/mol. The second-order valence-electron chi connectivity index (χ2n) is 6.51. The van der Waals surface area contributed by atoms with E-state index in [9.17, 15) is 13.2 Å². The molecular formula is C22H20Cl2N2O4S. The Hall–Kier alpha value is -2.74. The van der Waals surface area contributed by atoms with Gasteiger partial charge in [0.05, 0.1) is 22.7 Å². The number of nitrogens with one attached hydrogen (secondary N) is 1. The van der Waals surface area contributed by atoms with Crippen LogP contribution in [0.2, 0.25) is 10.0 Å². The van der Waals surface area contributed by atoms with E-state index in [-0.39, 0.29) is 22.2 Å². The number of ether oxygens (including phenoxy) is 1. The van der Waals surface area contributed by atoms with E-state index in [1.807, 2.05) is 18.2 Å². The van der Waals surface area contributed by atoms with Gasteiger partial charge in [-0.2, -0.15) is 0 Å². The fraction of sp³-hybridized carbons (Fsp3) is 0.136. The van der Waals surface area contributed by atoms with Crippen molar-refractivity contribution in [3.8, 4) is 5.75 Å². The Balaban J connectivity index is 1.89. The number of amides is 1. The number of nitrogens with zero attached hydrogens (tertiary/aromatic N) is 1. The van der Waals surface area contributed by atoms with Crippen LogP contribution in [0.25, 0.3) is 0 Å². The molecule has 0 atom stereocenters. The van der Waals surface area contributed by atoms with Crippen LogP contribution in [0, 0.1) is 0 Å². The van der Waals surface area contributed by atoms with Crippen LogP contribution in [-0.4, -0.2) is 28.0 Å². The highest BCUT2D eigenvalue weighted by molar-refractivity contribution is 7.92. The lowest BCUT2D eigenvalue weighted by molar-refractivity contribution is -0.119. The quantitative estimate of drug-likeness (QED) is 0.516. The monoisotopic (exact) mass is 478 g/mol. The third-order valence-corrected chi connectivity index (χ3v) is 6.78. The van der Waals surface area contributed by atoms with Crippen molar-refractivity contribution in [3.05, 3.63) is 88.4 Å². The summed E-state index contributed by atoms with van der Waals surface area (Å²) in [5.74, 6) is 0.119. The van der Waals surface area contributed by atoms with Crippen LogP contribution < -0.4 is 14.4 Å². The van der Waals surface area contributed by atoms with Crippen LogP contribution in [0.3, 0.4) is 0 Å². The second kappa shape index (κ2) is 10.0. The van der Waals surface area contributed by atoms with Crippen LogP contribution in [-0.2, 0) is 21.4 Å². The van der Waals surface area contributed by atoms with Gasteiger partial charge in [-0.25, -0.2) is 8.42 Å². The van der Waals surface area contributed by atoms with Gasteiger partial charge in [0.15, 0.2) is 0 Å². The van der Waals surface area contributed by atoms with Crippen molar-refractivity contribution in [1.29, 1.82) is 0 Å². The van der Waals surface area contributed by atoms with Gasteiger partial charge < -0.3 is 10.1 Å². The fourth-order valence-corrected chi connectivity index (χ4v) is 4.95. The maximum atomic E-state index is 13.3. The molecule has 0 saturated heterocycles. The molecule has 9 heteroatoms. The van der Waals surface area contributed by atoms with Gasteiger partial charge in [-0.05, 0) is 36.4 Å². The Kier molecular flexibility index (Phi) is 7.43. The molecule has 0 spiro atoms. The predicted octanol–water partition coefficient (Wildman–Crippen LogP) is 4.51. The number of sulfonamides is 1. The molecule has 1 amide bonds. The lowest BCUT2D eigenvalue weighted by atomic mass is 10.2. The Morgan fingerprint density at radius 1 is 1.00 bits per heavy atom. The Bertz CT molecular complexity index is 1170. The standard InChI is InChI=1S/C22H20Cl2N2O4S/c1-30-21-10-6-5-7-16(21)14-25-22(27)15-26(20-12-11-17(23)13-19(20)24)31(28,29)18-8-3-2-4-9-18/h2-13H,14-15H2,1H3,(H,25,27). The SMILES string of the molecule is COc1ccccc1CNC(=O)CN(c1ccc(Cl)cc1Cl)S(=O)(=O)c1ccccc1. The zero-order valence-electron chi connectivity index (χ0n) is 16.6. The number of hydrogen-bond acceptors (Lipinski definition) is 4. The zero-order valence-corrected chi connectivity index (χ0v) is 18.9. The molecule has 6 nitrogen and oxygen atoms in total. The van der Waals surface area contributed by atoms with E-state index in [0.29, 0.717) is 10.8 Å². The number of carbonyl (C=O) groups excluding carboxylic acids is 1. The minimum absolute atomic E-state index is 0.0403. The van der Waals surface area contributed by atoms with E-state index in [1.165, 1.54) is 37.4 Å². The second-order valence-corrected chi connectivity index (χ2v) is 9.21. The third-order valence-electron chi connectivity index (χ3n) is 4.47. The van der Waals surface area contributed by atoms with E-state index >= 15 is 0 Å². The number of methoxy groups -OCH3 is 1. The predicted molar refractivity (Wildman–Crippen MR) is 122 cm³/mol. The number of anilines is 1. The topological polar surface area (TPSA) is 75.7 Å². The van der Waals surface area contributed by atoms with Gasteiger partial charge in [-0.15, -0.1) is 0 Å². The van der Waals surface area contributed by atoms with Crippen LogP contribution >= 0.6 is 23.2 Å². The summed E-state index contributed by atoms with van der Waals surface area (Å²) in [5.41, 5.74) is 0.919. The van der Waals surface area contributed by atoms with Crippen molar-refractivity contribution < 1.29 is 17.9 Å². The number of benzene rings is 3. The molecule has 0 radical (unpaired) electrons. The van der Waals surface area contributed by atoms with E-state index in [4.69, 9.17) is 27.9 Å². The summed E-state index contributed by atoms with van der Waals surface area (Å²) in [6, 6.07) is 19.5. The highest BCUT2D eigenvalue weighted by atomic mass is 35.5. The summed E-state index contributed by atoms with van der Waals surface area (Å²) < 4.78 is 32.9. The molecule has 0 aliphatic carbocycles. The summed E-state index contributed by atoms with van der Waals surface area (Å²) >= 11 is 12.2. The molecule has 3 aromatic rings. The number of halogens is 2. The molecule has 0 heterocycles. The number of hydrogen-bond donors (Lipinski definition) is 1. The summed E-state index contributed by atoms with van der Waals surface area (Å²) in [7, 11) is -2.52. The molecule has 0 unspecified atom stereocenters. The first-order chi connectivity index (χ1) is 14.8. The highest BCUT2D eigenvalue weighted by Gasteiger charge is 2.28. The van der Waals surface area contributed by atoms with Crippen molar-refractivity contribution in [2.45, 2.75) is 11.4 Å². The summed E-state index contributed by atoms with van der Waals surface area (Å²) in [4.78, 5) is 12.8. The Labute approximate surface area is 191 Å². The third kappa shape index (κ3) is 5.50. The minimum Gasteiger partial charge on any atom is -0.496 e. The molecule has 31 heavy (non-hydrogen) atoms. The van der Waals surface area contributed by atoms with Gasteiger partial charge in [0.1, 0.15) is 12.3 Å². The maximum Gasteiger partial charge on any atom is 0.264 e. The normalized spacial score (nSPS) is 11.1. The van der Waals surface area contributed by atoms with Crippen molar-refractivity contribution in [2.24, 2.45) is 0 Å². The highest BCUT2D eigenvalue weighted by Crippen LogP contribution is 2.32. The molecule has 1 N–H and O–H groups in total. The first kappa shape index (κ1) is 22.9. The molecule has 0 saturated carbocycles. The van der Waals surface area contributed by atoms with Crippen LogP contribution in [0.15, 0.2) is 77.7 Å². The first-order valence-electron chi connectivity index (χ1n) is 9.24. The van der Waals surface area contributed by atoms with Crippen LogP contribution in [0.4, 0.5) is 5.69 Å². The van der Waals surface area contributed by atoms with Crippen molar-refractivity contribution in [2.75, 3.05) is 18.0 Å². The van der Waals surface area contributed by atoms with Crippen molar-refractivity contribution in [3.63, 3.8) is 0 Å². The number of para-hydroxylation sites is 1. The summed E-state index contributed by atoms with van der Waals surface area (Å²) in [6.07, 6.45) is 0. The summed E-state index contributed by atoms with van der Waals surface area (Å²) in [6.45, 7) is -0.288. The van der Waals surface area contributed by atoms with E-state index in [1.54, 1.807) is 24.3 Å². The molecule has 0 aliphatic heterocycles. The summed E-state index contributed by atoms with van der Waals surface area (Å²) in [5, 5.41) is 3.20. The Morgan fingerprint density at radius 3 is 2.35 bits per heavy atom. The van der Waals surface area contributed by atoms with E-state index in [0.717, 1.165) is 9.87 Å².